The summed E-state index contributed by atoms with van der Waals surface area (Å²) in [7, 11) is -8.43. The normalized spacial score (nSPS) is 26.2. The quantitative estimate of drug-likeness (QED) is 0.244. The van der Waals surface area contributed by atoms with Crippen molar-refractivity contribution in [2.45, 2.75) is 233 Å². The van der Waals surface area contributed by atoms with Crippen LogP contribution >= 0.6 is 0 Å². The Balaban J connectivity index is 3.91. The van der Waals surface area contributed by atoms with Crippen LogP contribution in [-0.4, -0.2) is 56.6 Å². The molecule has 1 radical (unpaired) electrons. The molecule has 0 spiro atoms. The van der Waals surface area contributed by atoms with Gasteiger partial charge in [-0.1, -0.05) is 192 Å². The molecular weight excluding hydrogens is 681 g/mol. The minimum Gasteiger partial charge on any atom is -0.110 e. The van der Waals surface area contributed by atoms with Crippen molar-refractivity contribution < 1.29 is 0 Å². The molecule has 0 N–H and O–H groups in total. The summed E-state index contributed by atoms with van der Waals surface area (Å²) < 4.78 is 0. The van der Waals surface area contributed by atoms with Crippen molar-refractivity contribution in [2.75, 3.05) is 0 Å². The zero-order valence-corrected chi connectivity index (χ0v) is 45.3. The molecule has 2 aliphatic heterocycles. The van der Waals surface area contributed by atoms with Crippen LogP contribution in [0.5, 0.6) is 0 Å². The van der Waals surface area contributed by atoms with E-state index in [1.165, 1.54) is 0 Å². The molecule has 2 aliphatic rings. The minimum absolute atomic E-state index is 0.389. The van der Waals surface area contributed by atoms with Crippen molar-refractivity contribution >= 4 is 56.6 Å². The van der Waals surface area contributed by atoms with Gasteiger partial charge in [-0.3, -0.25) is 0 Å². The zero-order valence-electron chi connectivity index (χ0n) is 37.3. The molecule has 0 aromatic carbocycles. The molecule has 2 rings (SSSR count). The monoisotopic (exact) mass is 767 g/mol. The summed E-state index contributed by atoms with van der Waals surface area (Å²) in [6, 6.07) is 0. The van der Waals surface area contributed by atoms with Crippen LogP contribution in [0, 0.1) is 0 Å². The molecule has 46 heavy (non-hydrogen) atoms. The number of hydrogen-bond acceptors (Lipinski definition) is 0. The Hall–Kier alpha value is 1.48. The third kappa shape index (κ3) is 4.19. The first kappa shape index (κ1) is 43.6. The van der Waals surface area contributed by atoms with E-state index in [0.717, 1.165) is 0 Å². The summed E-state index contributed by atoms with van der Waals surface area (Å²) in [6.45, 7) is 84.7. The van der Waals surface area contributed by atoms with E-state index in [1.54, 1.807) is 0 Å². The SMILES string of the molecule is C=C[Si]1[Si]2([Si](C)(C(C)(C)C)C(C)(C)C)[Si]1([Si](C)(C(C)(C)C)C(C)(C)C)[Si]2([Si](C)(C(C)(C)C)C(C)(C)C)[Si](C)(C(C)(C)C)C(C)(C)C. The molecule has 8 heteroatoms. The van der Waals surface area contributed by atoms with Gasteiger partial charge in [0.1, 0.15) is 0 Å². The number of rotatable bonds is 5. The second-order valence-corrected chi connectivity index (χ2v) is 123. The summed E-state index contributed by atoms with van der Waals surface area (Å²) in [5, 5.41) is 3.17. The van der Waals surface area contributed by atoms with Gasteiger partial charge in [0, 0.05) is 56.6 Å². The summed E-state index contributed by atoms with van der Waals surface area (Å²) >= 11 is 0. The minimum atomic E-state index is -2.00. The van der Waals surface area contributed by atoms with Crippen molar-refractivity contribution in [2.24, 2.45) is 0 Å². The molecule has 0 saturated carbocycles. The lowest BCUT2D eigenvalue weighted by Gasteiger charge is -2.73. The van der Waals surface area contributed by atoms with E-state index >= 15 is 0 Å². The van der Waals surface area contributed by atoms with Gasteiger partial charge in [0.15, 0.2) is 0 Å². The molecule has 0 nitrogen and oxygen atoms in total. The number of hydrogen-bond donors (Lipinski definition) is 0. The highest BCUT2D eigenvalue weighted by molar-refractivity contribution is 8.77. The van der Waals surface area contributed by atoms with Crippen LogP contribution in [0.15, 0.2) is 12.3 Å². The largest absolute Gasteiger partial charge is 0.110 e. The molecule has 2 atom stereocenters. The first-order valence-corrected chi connectivity index (χ1v) is 45.5. The van der Waals surface area contributed by atoms with E-state index < -0.39 is 56.6 Å². The maximum atomic E-state index is 5.04. The fourth-order valence-electron chi connectivity index (χ4n) is 14.7. The molecule has 0 aromatic heterocycles. The molecule has 0 aliphatic carbocycles. The van der Waals surface area contributed by atoms with Crippen molar-refractivity contribution in [3.8, 4) is 0 Å². The van der Waals surface area contributed by atoms with Gasteiger partial charge in [0.05, 0.1) is 0 Å². The van der Waals surface area contributed by atoms with Gasteiger partial charge in [-0.15, -0.1) is 12.3 Å². The second-order valence-electron chi connectivity index (χ2n) is 25.4. The van der Waals surface area contributed by atoms with Gasteiger partial charge in [0.25, 0.3) is 0 Å². The van der Waals surface area contributed by atoms with E-state index in [2.05, 4.69) is 198 Å². The van der Waals surface area contributed by atoms with Gasteiger partial charge in [-0.2, -0.15) is 0 Å². The van der Waals surface area contributed by atoms with Crippen LogP contribution in [0.3, 0.4) is 0 Å². The maximum absolute atomic E-state index is 5.04. The average molecular weight is 769 g/mol. The third-order valence-electron chi connectivity index (χ3n) is 17.6. The molecule has 0 amide bonds. The van der Waals surface area contributed by atoms with Crippen molar-refractivity contribution in [3.63, 3.8) is 0 Å². The van der Waals surface area contributed by atoms with E-state index in [9.17, 15) is 0 Å². The lowest BCUT2D eigenvalue weighted by molar-refractivity contribution is 0.624. The van der Waals surface area contributed by atoms with Gasteiger partial charge >= 0.3 is 0 Å². The Labute approximate surface area is 299 Å². The van der Waals surface area contributed by atoms with Crippen LogP contribution < -0.4 is 0 Å². The maximum Gasteiger partial charge on any atom is 0.0465 e. The molecular formula is C38H87Si8. The molecule has 0 aromatic rings. The molecule has 0 bridgehead atoms. The van der Waals surface area contributed by atoms with Gasteiger partial charge in [0.2, 0.25) is 0 Å². The molecule has 2 heterocycles. The highest BCUT2D eigenvalue weighted by atomic mass is 31.0. The predicted molar refractivity (Wildman–Crippen MR) is 237 cm³/mol. The average Bonchev–Trinajstić information content (AvgIpc) is 3.55. The van der Waals surface area contributed by atoms with Crippen LogP contribution in [0.1, 0.15) is 166 Å². The highest BCUT2D eigenvalue weighted by Crippen LogP contribution is 2.92. The summed E-state index contributed by atoms with van der Waals surface area (Å²) in [5.74, 6) is 0. The van der Waals surface area contributed by atoms with E-state index in [-0.39, 0.29) is 0 Å². The fourth-order valence-corrected chi connectivity index (χ4v) is 678. The summed E-state index contributed by atoms with van der Waals surface area (Å²) in [4.78, 5) is 0. The van der Waals surface area contributed by atoms with Crippen molar-refractivity contribution in [1.82, 2.24) is 0 Å². The Bertz CT molecular complexity index is 1060. The van der Waals surface area contributed by atoms with E-state index in [4.69, 9.17) is 6.58 Å². The van der Waals surface area contributed by atoms with E-state index in [0.29, 0.717) is 40.3 Å². The lowest BCUT2D eigenvalue weighted by atomic mass is 10.2. The van der Waals surface area contributed by atoms with E-state index in [1.807, 2.05) is 0 Å². The first-order valence-electron chi connectivity index (χ1n) is 18.9. The second kappa shape index (κ2) is 10.5. The highest BCUT2D eigenvalue weighted by Gasteiger charge is 3.20. The Kier molecular flexibility index (Phi) is 10.0. The topological polar surface area (TPSA) is 0 Å². The summed E-state index contributed by atoms with van der Waals surface area (Å²) in [5.41, 5.74) is 2.86. The van der Waals surface area contributed by atoms with Crippen LogP contribution in [0.2, 0.25) is 66.5 Å². The van der Waals surface area contributed by atoms with Crippen LogP contribution in [0.4, 0.5) is 0 Å². The number of fused-ring (bicyclic) bond motifs is 1. The Morgan fingerprint density at radius 2 is 0.500 bits per heavy atom. The van der Waals surface area contributed by atoms with Crippen LogP contribution in [-0.2, 0) is 0 Å². The Morgan fingerprint density at radius 3 is 0.609 bits per heavy atom. The Morgan fingerprint density at radius 1 is 0.348 bits per heavy atom. The summed E-state index contributed by atoms with van der Waals surface area (Å²) in [6.07, 6.45) is -5.56. The fraction of sp³-hybridized carbons (Fsp3) is 0.947. The van der Waals surface area contributed by atoms with Crippen molar-refractivity contribution in [3.05, 3.63) is 12.3 Å². The lowest BCUT2D eigenvalue weighted by Crippen LogP contribution is -2.94. The molecule has 2 fully saturated rings. The zero-order chi connectivity index (χ0) is 37.8. The smallest absolute Gasteiger partial charge is 0.0465 e. The molecule has 271 valence electrons. The third-order valence-corrected chi connectivity index (χ3v) is 292. The standard InChI is InChI=1S/C38H87Si8/c1-30-39-44(40(26,31(2,3)4)32(5,6)7)45(39,41(27,33(8,9)10)34(11,12)13)46(44,42(28,35(14,15)16)36(17,18)19)43(29,37(20,21)22)38(23,24)25/h30H,1H2,2-29H3. The van der Waals surface area contributed by atoms with Gasteiger partial charge < -0.3 is 0 Å². The molecule has 2 saturated heterocycles. The molecule has 2 unspecified atom stereocenters. The van der Waals surface area contributed by atoms with Gasteiger partial charge in [-0.25, -0.2) is 0 Å². The predicted octanol–water partition coefficient (Wildman–Crippen LogP) is 14.0. The van der Waals surface area contributed by atoms with Crippen molar-refractivity contribution in [1.29, 1.82) is 0 Å². The van der Waals surface area contributed by atoms with Crippen LogP contribution in [0.25, 0.3) is 0 Å². The van der Waals surface area contributed by atoms with Gasteiger partial charge in [-0.05, 0) is 40.3 Å². The first-order chi connectivity index (χ1) is 19.4.